The largest absolute Gasteiger partial charge is 0.367 e. The zero-order chi connectivity index (χ0) is 19.3. The zero-order valence-corrected chi connectivity index (χ0v) is 15.0. The van der Waals surface area contributed by atoms with E-state index in [-0.39, 0.29) is 32.0 Å². The van der Waals surface area contributed by atoms with E-state index in [2.05, 4.69) is 8.37 Å². The van der Waals surface area contributed by atoms with Gasteiger partial charge in [-0.25, -0.2) is 0 Å². The van der Waals surface area contributed by atoms with E-state index in [9.17, 15) is 31.3 Å². The molecule has 0 radical (unpaired) electrons. The first-order valence-electron chi connectivity index (χ1n) is 6.77. The second kappa shape index (κ2) is 8.51. The third kappa shape index (κ3) is 8.20. The molecule has 0 heterocycles. The van der Waals surface area contributed by atoms with Crippen LogP contribution >= 0.6 is 0 Å². The number of nitrogens with zero attached hydrogens (tertiary/aromatic N) is 2. The summed E-state index contributed by atoms with van der Waals surface area (Å²) in [5, 5.41) is 10.6. The van der Waals surface area contributed by atoms with Crippen molar-refractivity contribution in [2.24, 2.45) is 0 Å². The summed E-state index contributed by atoms with van der Waals surface area (Å²) >= 11 is 0. The topological polar surface area (TPSA) is 133 Å². The van der Waals surface area contributed by atoms with Crippen molar-refractivity contribution in [1.29, 1.82) is 0 Å². The van der Waals surface area contributed by atoms with E-state index >= 15 is 0 Å². The molecule has 0 spiro atoms. The summed E-state index contributed by atoms with van der Waals surface area (Å²) in [6.07, 6.45) is 1.71. The second-order valence-corrected chi connectivity index (χ2v) is 8.22. The fraction of sp³-hybridized carbons (Fsp3) is 0.500. The lowest BCUT2D eigenvalue weighted by Crippen LogP contribution is -2.32. The van der Waals surface area contributed by atoms with Gasteiger partial charge in [0.25, 0.3) is 20.2 Å². The van der Waals surface area contributed by atoms with Gasteiger partial charge in [0, 0.05) is 30.9 Å². The van der Waals surface area contributed by atoms with Crippen molar-refractivity contribution < 1.29 is 34.5 Å². The van der Waals surface area contributed by atoms with Gasteiger partial charge in [0.2, 0.25) is 5.82 Å². The van der Waals surface area contributed by atoms with Gasteiger partial charge in [-0.2, -0.15) is 21.2 Å². The number of benzene rings is 1. The van der Waals surface area contributed by atoms with Gasteiger partial charge in [-0.15, -0.1) is 0 Å². The van der Waals surface area contributed by atoms with E-state index in [0.717, 1.165) is 24.6 Å². The van der Waals surface area contributed by atoms with Crippen molar-refractivity contribution in [1.82, 2.24) is 0 Å². The van der Waals surface area contributed by atoms with Crippen LogP contribution in [0.1, 0.15) is 0 Å². The van der Waals surface area contributed by atoms with E-state index in [4.69, 9.17) is 0 Å². The van der Waals surface area contributed by atoms with E-state index in [1.807, 2.05) is 0 Å². The molecule has 13 heteroatoms. The number of hydrogen-bond acceptors (Lipinski definition) is 9. The van der Waals surface area contributed by atoms with Crippen LogP contribution < -0.4 is 4.90 Å². The molecule has 0 aromatic heterocycles. The molecule has 0 amide bonds. The Labute approximate surface area is 144 Å². The first-order valence-corrected chi connectivity index (χ1v) is 10.4. The van der Waals surface area contributed by atoms with E-state index < -0.39 is 36.7 Å². The number of anilines is 1. The lowest BCUT2D eigenvalue weighted by Gasteiger charge is -2.24. The van der Waals surface area contributed by atoms with Gasteiger partial charge in [0.15, 0.2) is 0 Å². The fourth-order valence-electron chi connectivity index (χ4n) is 1.81. The lowest BCUT2D eigenvalue weighted by molar-refractivity contribution is -0.387. The van der Waals surface area contributed by atoms with Crippen LogP contribution in [0.3, 0.4) is 0 Å². The monoisotopic (exact) mass is 400 g/mol. The minimum Gasteiger partial charge on any atom is -0.367 e. The molecule has 25 heavy (non-hydrogen) atoms. The number of halogens is 1. The average Bonchev–Trinajstić information content (AvgIpc) is 2.42. The SMILES string of the molecule is CS(=O)(=O)OCCN(CCOS(C)(=O)=O)c1ccc([N+](=O)[O-])c(F)c1. The molecule has 1 aromatic rings. The van der Waals surface area contributed by atoms with Crippen LogP contribution in [0, 0.1) is 15.9 Å². The highest BCUT2D eigenvalue weighted by atomic mass is 32.2. The number of nitro benzene ring substituents is 1. The third-order valence-corrected chi connectivity index (χ3v) is 4.00. The standard InChI is InChI=1S/C12H17FN2O8S2/c1-24(18,19)22-7-5-14(6-8-23-25(2,20)21)10-3-4-12(15(16)17)11(13)9-10/h3-4,9H,5-8H2,1-2H3. The highest BCUT2D eigenvalue weighted by Crippen LogP contribution is 2.23. The Kier molecular flexibility index (Phi) is 7.22. The van der Waals surface area contributed by atoms with Crippen LogP contribution in [-0.2, 0) is 28.6 Å². The Morgan fingerprint density at radius 3 is 1.92 bits per heavy atom. The van der Waals surface area contributed by atoms with Crippen molar-refractivity contribution in [2.75, 3.05) is 43.7 Å². The maximum absolute atomic E-state index is 13.8. The van der Waals surface area contributed by atoms with E-state index in [0.29, 0.717) is 0 Å². The van der Waals surface area contributed by atoms with Gasteiger partial charge in [0.05, 0.1) is 30.6 Å². The molecular formula is C12H17FN2O8S2. The Balaban J connectivity index is 2.92. The highest BCUT2D eigenvalue weighted by Gasteiger charge is 2.17. The third-order valence-electron chi connectivity index (χ3n) is 2.81. The van der Waals surface area contributed by atoms with Crippen LogP contribution in [0.4, 0.5) is 15.8 Å². The minimum absolute atomic E-state index is 0.0442. The van der Waals surface area contributed by atoms with Gasteiger partial charge < -0.3 is 4.90 Å². The van der Waals surface area contributed by atoms with Crippen molar-refractivity contribution in [3.8, 4) is 0 Å². The summed E-state index contributed by atoms with van der Waals surface area (Å²) in [5.74, 6) is -1.08. The van der Waals surface area contributed by atoms with Gasteiger partial charge in [0.1, 0.15) is 0 Å². The molecule has 0 aliphatic rings. The molecule has 0 atom stereocenters. The van der Waals surface area contributed by atoms with E-state index in [1.165, 1.54) is 11.0 Å². The number of rotatable bonds is 10. The number of nitro groups is 1. The molecule has 10 nitrogen and oxygen atoms in total. The molecule has 0 saturated carbocycles. The van der Waals surface area contributed by atoms with Gasteiger partial charge in [-0.05, 0) is 6.07 Å². The number of hydrogen-bond donors (Lipinski definition) is 0. The summed E-state index contributed by atoms with van der Waals surface area (Å²) in [6, 6.07) is 3.09. The Morgan fingerprint density at radius 2 is 1.56 bits per heavy atom. The summed E-state index contributed by atoms with van der Waals surface area (Å²) in [7, 11) is -7.38. The molecule has 0 aliphatic carbocycles. The molecule has 0 fully saturated rings. The summed E-state index contributed by atoms with van der Waals surface area (Å²) in [6.45, 7) is -0.651. The molecule has 1 rings (SSSR count). The molecule has 0 saturated heterocycles. The van der Waals surface area contributed by atoms with Crippen LogP contribution in [0.5, 0.6) is 0 Å². The van der Waals surface area contributed by atoms with Gasteiger partial charge in [-0.1, -0.05) is 0 Å². The van der Waals surface area contributed by atoms with E-state index in [1.54, 1.807) is 0 Å². The summed E-state index contributed by atoms with van der Waals surface area (Å²) in [5.41, 5.74) is -0.541. The second-order valence-electron chi connectivity index (χ2n) is 4.93. The molecule has 0 N–H and O–H groups in total. The molecular weight excluding hydrogens is 383 g/mol. The van der Waals surface area contributed by atoms with Crippen molar-refractivity contribution in [3.63, 3.8) is 0 Å². The lowest BCUT2D eigenvalue weighted by atomic mass is 10.2. The smallest absolute Gasteiger partial charge is 0.304 e. The molecule has 0 bridgehead atoms. The van der Waals surface area contributed by atoms with Crippen molar-refractivity contribution in [2.45, 2.75) is 0 Å². The summed E-state index contributed by atoms with van der Waals surface area (Å²) in [4.78, 5) is 11.1. The van der Waals surface area contributed by atoms with Crippen molar-refractivity contribution >= 4 is 31.6 Å². The van der Waals surface area contributed by atoms with Crippen LogP contribution in [0.25, 0.3) is 0 Å². The zero-order valence-electron chi connectivity index (χ0n) is 13.4. The van der Waals surface area contributed by atoms with Crippen molar-refractivity contribution in [3.05, 3.63) is 34.1 Å². The summed E-state index contributed by atoms with van der Waals surface area (Å²) < 4.78 is 66.9. The fourth-order valence-corrected chi connectivity index (χ4v) is 2.56. The maximum atomic E-state index is 13.8. The normalized spacial score (nSPS) is 12.1. The maximum Gasteiger partial charge on any atom is 0.304 e. The Morgan fingerprint density at radius 1 is 1.08 bits per heavy atom. The highest BCUT2D eigenvalue weighted by molar-refractivity contribution is 7.86. The van der Waals surface area contributed by atoms with Crippen LogP contribution in [-0.4, -0.2) is 60.6 Å². The van der Waals surface area contributed by atoms with Crippen LogP contribution in [0.15, 0.2) is 18.2 Å². The quantitative estimate of drug-likeness (QED) is 0.312. The Hall–Kier alpha value is -1.83. The molecule has 0 aliphatic heterocycles. The molecule has 0 unspecified atom stereocenters. The van der Waals surface area contributed by atoms with Gasteiger partial charge >= 0.3 is 5.69 Å². The molecule has 142 valence electrons. The average molecular weight is 400 g/mol. The Bertz CT molecular complexity index is 788. The molecule has 1 aromatic carbocycles. The van der Waals surface area contributed by atoms with Gasteiger partial charge in [-0.3, -0.25) is 18.5 Å². The first kappa shape index (κ1) is 21.2. The predicted octanol–water partition coefficient (Wildman–Crippen LogP) is 0.493. The van der Waals surface area contributed by atoms with Crippen LogP contribution in [0.2, 0.25) is 0 Å². The minimum atomic E-state index is -3.69. The predicted molar refractivity (Wildman–Crippen MR) is 86.9 cm³/mol. The first-order chi connectivity index (χ1) is 11.4.